The van der Waals surface area contributed by atoms with E-state index in [-0.39, 0.29) is 6.54 Å². The summed E-state index contributed by atoms with van der Waals surface area (Å²) in [6.45, 7) is -0.354. The maximum absolute atomic E-state index is 12.1. The summed E-state index contributed by atoms with van der Waals surface area (Å²) in [6, 6.07) is 14.2. The first-order chi connectivity index (χ1) is 11.8. The number of nitrogens with one attached hydrogen (secondary N) is 1. The van der Waals surface area contributed by atoms with Crippen molar-refractivity contribution in [1.29, 1.82) is 0 Å². The maximum Gasteiger partial charge on any atom is 0.260 e. The van der Waals surface area contributed by atoms with Crippen LogP contribution in [0.5, 0.6) is 0 Å². The smallest absolute Gasteiger partial charge is 0.260 e. The van der Waals surface area contributed by atoms with E-state index in [0.29, 0.717) is 5.69 Å². The van der Waals surface area contributed by atoms with Gasteiger partial charge in [0.15, 0.2) is 0 Å². The summed E-state index contributed by atoms with van der Waals surface area (Å²) in [5, 5.41) is 3.87. The van der Waals surface area contributed by atoms with Crippen molar-refractivity contribution in [2.24, 2.45) is 5.10 Å². The normalized spacial score (nSPS) is 11.5. The van der Waals surface area contributed by atoms with E-state index in [1.807, 2.05) is 24.3 Å². The first-order valence-corrected chi connectivity index (χ1v) is 10.8. The van der Waals surface area contributed by atoms with Crippen molar-refractivity contribution >= 4 is 66.4 Å². The topological polar surface area (TPSA) is 78.8 Å². The van der Waals surface area contributed by atoms with Gasteiger partial charge in [-0.05, 0) is 52.9 Å². The SMILES string of the molecule is CS(=O)(=O)N(CC(=O)N/N=C\c1ccccc1Br)c1ccc(I)cc1. The molecule has 2 aromatic rings. The molecule has 1 amide bonds. The van der Waals surface area contributed by atoms with Crippen LogP contribution in [0.2, 0.25) is 0 Å². The number of amides is 1. The zero-order chi connectivity index (χ0) is 18.4. The Morgan fingerprint density at radius 2 is 1.88 bits per heavy atom. The molecule has 2 rings (SSSR count). The van der Waals surface area contributed by atoms with Gasteiger partial charge in [0.2, 0.25) is 10.0 Å². The summed E-state index contributed by atoms with van der Waals surface area (Å²) in [4.78, 5) is 12.1. The van der Waals surface area contributed by atoms with Crippen LogP contribution in [-0.4, -0.2) is 33.3 Å². The van der Waals surface area contributed by atoms with Crippen molar-refractivity contribution in [3.05, 3.63) is 62.1 Å². The molecule has 0 bridgehead atoms. The number of hydrogen-bond acceptors (Lipinski definition) is 4. The molecule has 0 aliphatic rings. The zero-order valence-corrected chi connectivity index (χ0v) is 17.7. The lowest BCUT2D eigenvalue weighted by Crippen LogP contribution is -2.39. The second-order valence-corrected chi connectivity index (χ2v) is 9.07. The number of benzene rings is 2. The van der Waals surface area contributed by atoms with Gasteiger partial charge in [0, 0.05) is 13.6 Å². The Balaban J connectivity index is 2.07. The maximum atomic E-state index is 12.1. The molecule has 0 atom stereocenters. The van der Waals surface area contributed by atoms with E-state index in [1.54, 1.807) is 24.3 Å². The summed E-state index contributed by atoms with van der Waals surface area (Å²) in [5.41, 5.74) is 3.56. The highest BCUT2D eigenvalue weighted by molar-refractivity contribution is 14.1. The molecule has 0 unspecified atom stereocenters. The molecule has 0 fully saturated rings. The highest BCUT2D eigenvalue weighted by atomic mass is 127. The zero-order valence-electron chi connectivity index (χ0n) is 13.2. The van der Waals surface area contributed by atoms with Gasteiger partial charge in [0.1, 0.15) is 6.54 Å². The fourth-order valence-electron chi connectivity index (χ4n) is 1.93. The molecular weight excluding hydrogens is 521 g/mol. The van der Waals surface area contributed by atoms with Crippen molar-refractivity contribution in [1.82, 2.24) is 5.43 Å². The number of nitrogens with zero attached hydrogens (tertiary/aromatic N) is 2. The van der Waals surface area contributed by atoms with Gasteiger partial charge in [0.25, 0.3) is 5.91 Å². The molecule has 0 aliphatic heterocycles. The van der Waals surface area contributed by atoms with Crippen LogP contribution in [0.1, 0.15) is 5.56 Å². The molecule has 0 aliphatic carbocycles. The Morgan fingerprint density at radius 3 is 2.48 bits per heavy atom. The van der Waals surface area contributed by atoms with E-state index < -0.39 is 15.9 Å². The minimum absolute atomic E-state index is 0.354. The second-order valence-electron chi connectivity index (χ2n) is 5.06. The van der Waals surface area contributed by atoms with Crippen molar-refractivity contribution in [3.63, 3.8) is 0 Å². The van der Waals surface area contributed by atoms with Crippen LogP contribution < -0.4 is 9.73 Å². The third kappa shape index (κ3) is 6.08. The molecule has 0 aromatic heterocycles. The minimum atomic E-state index is -3.60. The third-order valence-electron chi connectivity index (χ3n) is 3.10. The van der Waals surface area contributed by atoms with Gasteiger partial charge in [0.05, 0.1) is 18.2 Å². The fourth-order valence-corrected chi connectivity index (χ4v) is 3.53. The Hall–Kier alpha value is -1.46. The molecule has 9 heteroatoms. The Bertz CT molecular complexity index is 886. The third-order valence-corrected chi connectivity index (χ3v) is 5.68. The summed E-state index contributed by atoms with van der Waals surface area (Å²) in [7, 11) is -3.60. The van der Waals surface area contributed by atoms with E-state index >= 15 is 0 Å². The Morgan fingerprint density at radius 1 is 1.24 bits per heavy atom. The van der Waals surface area contributed by atoms with Gasteiger partial charge in [-0.15, -0.1) is 0 Å². The van der Waals surface area contributed by atoms with E-state index in [2.05, 4.69) is 49.0 Å². The predicted molar refractivity (Wildman–Crippen MR) is 111 cm³/mol. The molecule has 0 saturated carbocycles. The fraction of sp³-hybridized carbons (Fsp3) is 0.125. The number of halogens is 2. The molecule has 0 heterocycles. The van der Waals surface area contributed by atoms with Crippen molar-refractivity contribution in [2.45, 2.75) is 0 Å². The lowest BCUT2D eigenvalue weighted by atomic mass is 10.2. The number of hydrazone groups is 1. The Labute approximate surface area is 168 Å². The van der Waals surface area contributed by atoms with Crippen LogP contribution >= 0.6 is 38.5 Å². The van der Waals surface area contributed by atoms with Gasteiger partial charge in [-0.3, -0.25) is 9.10 Å². The van der Waals surface area contributed by atoms with Gasteiger partial charge in [-0.2, -0.15) is 5.10 Å². The summed E-state index contributed by atoms with van der Waals surface area (Å²) in [6.07, 6.45) is 2.54. The number of sulfonamides is 1. The van der Waals surface area contributed by atoms with Crippen LogP contribution in [0.4, 0.5) is 5.69 Å². The molecule has 1 N–H and O–H groups in total. The standard InChI is InChI=1S/C16H15BrIN3O3S/c1-25(23,24)21(14-8-6-13(18)7-9-14)11-16(22)20-19-10-12-4-2-3-5-15(12)17/h2-10H,11H2,1H3,(H,20,22)/b19-10-. The number of rotatable bonds is 6. The highest BCUT2D eigenvalue weighted by Crippen LogP contribution is 2.19. The average Bonchev–Trinajstić information content (AvgIpc) is 2.54. The number of hydrogen-bond donors (Lipinski definition) is 1. The minimum Gasteiger partial charge on any atom is -0.271 e. The summed E-state index contributed by atoms with van der Waals surface area (Å²) in [5.74, 6) is -0.535. The second kappa shape index (κ2) is 8.77. The summed E-state index contributed by atoms with van der Waals surface area (Å²) < 4.78 is 26.8. The number of anilines is 1. The molecule has 6 nitrogen and oxygen atoms in total. The van der Waals surface area contributed by atoms with E-state index in [4.69, 9.17) is 0 Å². The molecule has 0 radical (unpaired) electrons. The quantitative estimate of drug-likeness (QED) is 0.351. The molecule has 25 heavy (non-hydrogen) atoms. The van der Waals surface area contributed by atoms with Gasteiger partial charge < -0.3 is 0 Å². The largest absolute Gasteiger partial charge is 0.271 e. The highest BCUT2D eigenvalue weighted by Gasteiger charge is 2.20. The molecule has 132 valence electrons. The molecular formula is C16H15BrIN3O3S. The average molecular weight is 536 g/mol. The molecule has 0 spiro atoms. The van der Waals surface area contributed by atoms with Crippen LogP contribution in [0.3, 0.4) is 0 Å². The lowest BCUT2D eigenvalue weighted by molar-refractivity contribution is -0.119. The number of carbonyl (C=O) groups is 1. The van der Waals surface area contributed by atoms with E-state index in [0.717, 1.165) is 24.2 Å². The predicted octanol–water partition coefficient (Wildman–Crippen LogP) is 2.97. The lowest BCUT2D eigenvalue weighted by Gasteiger charge is -2.21. The van der Waals surface area contributed by atoms with Crippen molar-refractivity contribution in [2.75, 3.05) is 17.1 Å². The monoisotopic (exact) mass is 535 g/mol. The van der Waals surface area contributed by atoms with Gasteiger partial charge in [-0.1, -0.05) is 34.1 Å². The van der Waals surface area contributed by atoms with Crippen LogP contribution in [0.25, 0.3) is 0 Å². The number of carbonyl (C=O) groups excluding carboxylic acids is 1. The Kier molecular flexibility index (Phi) is 6.96. The van der Waals surface area contributed by atoms with Crippen molar-refractivity contribution < 1.29 is 13.2 Å². The van der Waals surface area contributed by atoms with Crippen LogP contribution in [-0.2, 0) is 14.8 Å². The van der Waals surface area contributed by atoms with Gasteiger partial charge >= 0.3 is 0 Å². The first kappa shape index (κ1) is 19.9. The van der Waals surface area contributed by atoms with Crippen LogP contribution in [0, 0.1) is 3.57 Å². The molecule has 2 aromatic carbocycles. The first-order valence-electron chi connectivity index (χ1n) is 7.07. The van der Waals surface area contributed by atoms with Gasteiger partial charge in [-0.25, -0.2) is 13.8 Å². The van der Waals surface area contributed by atoms with E-state index in [1.165, 1.54) is 6.21 Å². The molecule has 0 saturated heterocycles. The summed E-state index contributed by atoms with van der Waals surface area (Å²) >= 11 is 5.50. The van der Waals surface area contributed by atoms with Crippen LogP contribution in [0.15, 0.2) is 58.1 Å². The van der Waals surface area contributed by atoms with E-state index in [9.17, 15) is 13.2 Å². The van der Waals surface area contributed by atoms with Crippen molar-refractivity contribution in [3.8, 4) is 0 Å².